The van der Waals surface area contributed by atoms with Gasteiger partial charge in [-0.05, 0) is 32.6 Å². The zero-order chi connectivity index (χ0) is 12.5. The standard InChI is InChI=1S/C15H17OP/c1-12-6-4-8-14(10-12)17(3,16)15-9-5-7-13(2)11-15/h4-11H,1-3H3. The van der Waals surface area contributed by atoms with Crippen LogP contribution in [0.1, 0.15) is 11.1 Å². The van der Waals surface area contributed by atoms with E-state index in [4.69, 9.17) is 0 Å². The third-order valence-corrected chi connectivity index (χ3v) is 5.52. The summed E-state index contributed by atoms with van der Waals surface area (Å²) in [5.41, 5.74) is 2.30. The quantitative estimate of drug-likeness (QED) is 0.741. The third-order valence-electron chi connectivity index (χ3n) is 2.99. The third kappa shape index (κ3) is 2.50. The molecule has 0 aliphatic heterocycles. The molecule has 0 saturated carbocycles. The first kappa shape index (κ1) is 12.1. The van der Waals surface area contributed by atoms with Gasteiger partial charge in [-0.3, -0.25) is 0 Å². The van der Waals surface area contributed by atoms with E-state index in [9.17, 15) is 4.57 Å². The molecule has 2 aromatic carbocycles. The number of aryl methyl sites for hydroxylation is 2. The molecule has 88 valence electrons. The van der Waals surface area contributed by atoms with Crippen molar-refractivity contribution in [3.8, 4) is 0 Å². The van der Waals surface area contributed by atoms with Gasteiger partial charge in [-0.25, -0.2) is 0 Å². The Bertz CT molecular complexity index is 537. The summed E-state index contributed by atoms with van der Waals surface area (Å²) < 4.78 is 12.9. The van der Waals surface area contributed by atoms with Crippen LogP contribution in [0.5, 0.6) is 0 Å². The van der Waals surface area contributed by atoms with Crippen LogP contribution in [0, 0.1) is 13.8 Å². The van der Waals surface area contributed by atoms with Crippen LogP contribution < -0.4 is 10.6 Å². The van der Waals surface area contributed by atoms with E-state index in [1.807, 2.05) is 69.0 Å². The maximum Gasteiger partial charge on any atom is 0.140 e. The molecule has 0 heterocycles. The summed E-state index contributed by atoms with van der Waals surface area (Å²) in [5, 5.41) is 1.87. The molecule has 0 aromatic heterocycles. The van der Waals surface area contributed by atoms with Crippen molar-refractivity contribution in [2.75, 3.05) is 6.66 Å². The Hall–Kier alpha value is -1.33. The number of hydrogen-bond donors (Lipinski definition) is 0. The van der Waals surface area contributed by atoms with Crippen LogP contribution in [0.3, 0.4) is 0 Å². The molecule has 0 spiro atoms. The van der Waals surface area contributed by atoms with E-state index in [1.165, 1.54) is 0 Å². The highest BCUT2D eigenvalue weighted by molar-refractivity contribution is 7.78. The van der Waals surface area contributed by atoms with Crippen molar-refractivity contribution in [2.45, 2.75) is 13.8 Å². The Labute approximate surface area is 103 Å². The summed E-state index contributed by atoms with van der Waals surface area (Å²) in [5.74, 6) is 0. The van der Waals surface area contributed by atoms with E-state index in [0.29, 0.717) is 0 Å². The van der Waals surface area contributed by atoms with Gasteiger partial charge in [-0.15, -0.1) is 0 Å². The predicted octanol–water partition coefficient (Wildman–Crippen LogP) is 3.25. The SMILES string of the molecule is Cc1cccc(P(C)(=O)c2cccc(C)c2)c1. The normalized spacial score (nSPS) is 11.5. The maximum absolute atomic E-state index is 12.9. The minimum Gasteiger partial charge on any atom is -0.314 e. The van der Waals surface area contributed by atoms with E-state index < -0.39 is 7.14 Å². The lowest BCUT2D eigenvalue weighted by Crippen LogP contribution is -2.15. The van der Waals surface area contributed by atoms with Gasteiger partial charge in [-0.2, -0.15) is 0 Å². The smallest absolute Gasteiger partial charge is 0.140 e. The Kier molecular flexibility index (Phi) is 3.22. The molecule has 0 radical (unpaired) electrons. The molecule has 0 unspecified atom stereocenters. The zero-order valence-corrected chi connectivity index (χ0v) is 11.4. The van der Waals surface area contributed by atoms with E-state index in [0.717, 1.165) is 21.7 Å². The molecule has 17 heavy (non-hydrogen) atoms. The lowest BCUT2D eigenvalue weighted by Gasteiger charge is -2.15. The van der Waals surface area contributed by atoms with Gasteiger partial charge in [0.2, 0.25) is 0 Å². The van der Waals surface area contributed by atoms with Crippen LogP contribution >= 0.6 is 7.14 Å². The fourth-order valence-electron chi connectivity index (χ4n) is 1.94. The van der Waals surface area contributed by atoms with Gasteiger partial charge in [0.15, 0.2) is 0 Å². The first-order valence-electron chi connectivity index (χ1n) is 5.72. The summed E-state index contributed by atoms with van der Waals surface area (Å²) in [7, 11) is -2.45. The first-order valence-corrected chi connectivity index (χ1v) is 7.87. The van der Waals surface area contributed by atoms with Crippen molar-refractivity contribution in [1.29, 1.82) is 0 Å². The van der Waals surface area contributed by atoms with Crippen LogP contribution in [0.25, 0.3) is 0 Å². The summed E-state index contributed by atoms with van der Waals surface area (Å²) in [6, 6.07) is 15.9. The molecule has 2 rings (SSSR count). The molecule has 2 aromatic rings. The van der Waals surface area contributed by atoms with Crippen molar-refractivity contribution in [2.24, 2.45) is 0 Å². The van der Waals surface area contributed by atoms with Crippen LogP contribution in [0.2, 0.25) is 0 Å². The lowest BCUT2D eigenvalue weighted by molar-refractivity contribution is 0.590. The van der Waals surface area contributed by atoms with Gasteiger partial charge >= 0.3 is 0 Å². The van der Waals surface area contributed by atoms with Crippen LogP contribution in [0.15, 0.2) is 48.5 Å². The lowest BCUT2D eigenvalue weighted by atomic mass is 10.2. The summed E-state index contributed by atoms with van der Waals surface area (Å²) in [6.45, 7) is 5.90. The molecule has 0 aliphatic carbocycles. The highest BCUT2D eigenvalue weighted by Crippen LogP contribution is 2.38. The van der Waals surface area contributed by atoms with E-state index >= 15 is 0 Å². The van der Waals surface area contributed by atoms with Crippen molar-refractivity contribution < 1.29 is 4.57 Å². The minimum atomic E-state index is -2.45. The average Bonchev–Trinajstić information content (AvgIpc) is 2.29. The molecule has 0 amide bonds. The summed E-state index contributed by atoms with van der Waals surface area (Å²) in [4.78, 5) is 0. The Balaban J connectivity index is 2.53. The second-order valence-electron chi connectivity index (χ2n) is 4.60. The zero-order valence-electron chi connectivity index (χ0n) is 10.5. The topological polar surface area (TPSA) is 17.1 Å². The minimum absolute atomic E-state index is 0.933. The summed E-state index contributed by atoms with van der Waals surface area (Å²) >= 11 is 0. The predicted molar refractivity (Wildman–Crippen MR) is 75.2 cm³/mol. The first-order chi connectivity index (χ1) is 8.00. The van der Waals surface area contributed by atoms with E-state index in [-0.39, 0.29) is 0 Å². The molecule has 0 bridgehead atoms. The van der Waals surface area contributed by atoms with Gasteiger partial charge in [0, 0.05) is 10.6 Å². The van der Waals surface area contributed by atoms with Crippen molar-refractivity contribution >= 4 is 17.8 Å². The fraction of sp³-hybridized carbons (Fsp3) is 0.200. The molecule has 2 heteroatoms. The van der Waals surface area contributed by atoms with Crippen LogP contribution in [-0.2, 0) is 4.57 Å². The van der Waals surface area contributed by atoms with Gasteiger partial charge in [0.25, 0.3) is 0 Å². The Morgan fingerprint density at radius 3 is 1.59 bits per heavy atom. The summed E-state index contributed by atoms with van der Waals surface area (Å²) in [6.07, 6.45) is 0. The molecule has 0 N–H and O–H groups in total. The van der Waals surface area contributed by atoms with Crippen molar-refractivity contribution in [3.05, 3.63) is 59.7 Å². The molecular formula is C15H17OP. The van der Waals surface area contributed by atoms with Gasteiger partial charge in [0.05, 0.1) is 0 Å². The Morgan fingerprint density at radius 2 is 1.24 bits per heavy atom. The van der Waals surface area contributed by atoms with Gasteiger partial charge in [0.1, 0.15) is 7.14 Å². The molecule has 0 aliphatic rings. The van der Waals surface area contributed by atoms with Crippen molar-refractivity contribution in [3.63, 3.8) is 0 Å². The van der Waals surface area contributed by atoms with Crippen LogP contribution in [-0.4, -0.2) is 6.66 Å². The molecule has 0 fully saturated rings. The Morgan fingerprint density at radius 1 is 0.824 bits per heavy atom. The fourth-order valence-corrected chi connectivity index (χ4v) is 3.88. The second kappa shape index (κ2) is 4.50. The molecule has 0 atom stereocenters. The number of hydrogen-bond acceptors (Lipinski definition) is 1. The second-order valence-corrected chi connectivity index (χ2v) is 7.48. The number of benzene rings is 2. The monoisotopic (exact) mass is 244 g/mol. The maximum atomic E-state index is 12.9. The molecule has 0 saturated heterocycles. The van der Waals surface area contributed by atoms with Crippen molar-refractivity contribution in [1.82, 2.24) is 0 Å². The number of rotatable bonds is 2. The van der Waals surface area contributed by atoms with E-state index in [2.05, 4.69) is 0 Å². The highest BCUT2D eigenvalue weighted by atomic mass is 31.2. The van der Waals surface area contributed by atoms with E-state index in [1.54, 1.807) is 0 Å². The van der Waals surface area contributed by atoms with Gasteiger partial charge < -0.3 is 4.57 Å². The average molecular weight is 244 g/mol. The highest BCUT2D eigenvalue weighted by Gasteiger charge is 2.20. The van der Waals surface area contributed by atoms with Gasteiger partial charge in [-0.1, -0.05) is 47.5 Å². The van der Waals surface area contributed by atoms with Crippen LogP contribution in [0.4, 0.5) is 0 Å². The molecule has 1 nitrogen and oxygen atoms in total. The molecular weight excluding hydrogens is 227 g/mol. The largest absolute Gasteiger partial charge is 0.314 e.